The molecule has 0 aromatic heterocycles. The highest BCUT2D eigenvalue weighted by Crippen LogP contribution is 2.22. The Balaban J connectivity index is 1.54. The Morgan fingerprint density at radius 2 is 1.43 bits per heavy atom. The number of carbonyl (C=O) groups excluding carboxylic acids is 2. The van der Waals surface area contributed by atoms with Gasteiger partial charge >= 0.3 is 0 Å². The van der Waals surface area contributed by atoms with Crippen LogP contribution in [-0.4, -0.2) is 29.3 Å². The Labute approximate surface area is 135 Å². The summed E-state index contributed by atoms with van der Waals surface area (Å²) in [5.41, 5.74) is 8.37. The van der Waals surface area contributed by atoms with Crippen LogP contribution in [0.3, 0.4) is 0 Å². The van der Waals surface area contributed by atoms with E-state index in [-0.39, 0.29) is 24.4 Å². The molecule has 4 nitrogen and oxygen atoms in total. The van der Waals surface area contributed by atoms with Gasteiger partial charge in [0.2, 0.25) is 0 Å². The smallest absolute Gasteiger partial charge is 0.261 e. The van der Waals surface area contributed by atoms with Gasteiger partial charge in [-0.2, -0.15) is 0 Å². The van der Waals surface area contributed by atoms with E-state index in [1.165, 1.54) is 10.5 Å². The fraction of sp³-hybridized carbons (Fsp3) is 0.263. The van der Waals surface area contributed by atoms with Crippen LogP contribution in [0.15, 0.2) is 54.6 Å². The second-order valence-electron chi connectivity index (χ2n) is 5.90. The summed E-state index contributed by atoms with van der Waals surface area (Å²) >= 11 is 0. The van der Waals surface area contributed by atoms with Crippen LogP contribution in [0.5, 0.6) is 0 Å². The molecule has 0 bridgehead atoms. The first-order valence-corrected chi connectivity index (χ1v) is 7.91. The van der Waals surface area contributed by atoms with E-state index in [0.717, 1.165) is 19.3 Å². The minimum atomic E-state index is -0.232. The Hall–Kier alpha value is -2.46. The zero-order chi connectivity index (χ0) is 16.2. The number of nitrogens with zero attached hydrogens (tertiary/aromatic N) is 1. The van der Waals surface area contributed by atoms with Gasteiger partial charge in [-0.15, -0.1) is 0 Å². The first kappa shape index (κ1) is 15.4. The summed E-state index contributed by atoms with van der Waals surface area (Å²) in [6, 6.07) is 17.0. The minimum Gasteiger partial charge on any atom is -0.326 e. The molecule has 3 rings (SSSR count). The van der Waals surface area contributed by atoms with Crippen LogP contribution >= 0.6 is 0 Å². The third-order valence-corrected chi connectivity index (χ3v) is 4.18. The Bertz CT molecular complexity index is 677. The predicted molar refractivity (Wildman–Crippen MR) is 89.2 cm³/mol. The molecule has 2 amide bonds. The van der Waals surface area contributed by atoms with Gasteiger partial charge in [0, 0.05) is 12.6 Å². The second kappa shape index (κ2) is 6.75. The molecule has 4 heteroatoms. The lowest BCUT2D eigenvalue weighted by Gasteiger charge is -2.19. The Kier molecular flexibility index (Phi) is 4.53. The van der Waals surface area contributed by atoms with Crippen molar-refractivity contribution in [3.05, 3.63) is 71.3 Å². The molecule has 0 radical (unpaired) electrons. The van der Waals surface area contributed by atoms with Gasteiger partial charge in [-0.25, -0.2) is 0 Å². The average molecular weight is 308 g/mol. The largest absolute Gasteiger partial charge is 0.326 e. The van der Waals surface area contributed by atoms with Gasteiger partial charge in [0.15, 0.2) is 0 Å². The standard InChI is InChI=1S/C19H20N2O2/c20-15(10-6-9-14-7-2-1-3-8-14)13-21-18(22)16-11-4-5-12-17(16)19(21)23/h1-5,7-8,11-12,15H,6,9-10,13,20H2. The maximum Gasteiger partial charge on any atom is 0.261 e. The van der Waals surface area contributed by atoms with Crippen molar-refractivity contribution in [3.8, 4) is 0 Å². The highest BCUT2D eigenvalue weighted by atomic mass is 16.2. The number of carbonyl (C=O) groups is 2. The molecule has 1 atom stereocenters. The lowest BCUT2D eigenvalue weighted by atomic mass is 10.0. The van der Waals surface area contributed by atoms with Crippen molar-refractivity contribution in [2.75, 3.05) is 6.54 Å². The van der Waals surface area contributed by atoms with Crippen molar-refractivity contribution in [3.63, 3.8) is 0 Å². The van der Waals surface area contributed by atoms with Gasteiger partial charge < -0.3 is 5.73 Å². The van der Waals surface area contributed by atoms with Crippen molar-refractivity contribution >= 4 is 11.8 Å². The number of imide groups is 1. The summed E-state index contributed by atoms with van der Waals surface area (Å²) in [5, 5.41) is 0. The molecule has 1 aliphatic rings. The Morgan fingerprint density at radius 3 is 2.04 bits per heavy atom. The molecular weight excluding hydrogens is 288 g/mol. The number of hydrogen-bond acceptors (Lipinski definition) is 3. The lowest BCUT2D eigenvalue weighted by Crippen LogP contribution is -2.40. The zero-order valence-corrected chi connectivity index (χ0v) is 12.9. The topological polar surface area (TPSA) is 63.4 Å². The highest BCUT2D eigenvalue weighted by molar-refractivity contribution is 6.21. The summed E-state index contributed by atoms with van der Waals surface area (Å²) in [7, 11) is 0. The van der Waals surface area contributed by atoms with E-state index in [0.29, 0.717) is 11.1 Å². The Morgan fingerprint density at radius 1 is 0.870 bits per heavy atom. The average Bonchev–Trinajstić information content (AvgIpc) is 2.81. The van der Waals surface area contributed by atoms with Gasteiger partial charge in [0.05, 0.1) is 11.1 Å². The maximum atomic E-state index is 12.3. The molecule has 0 fully saturated rings. The van der Waals surface area contributed by atoms with Crippen molar-refractivity contribution in [1.29, 1.82) is 0 Å². The number of hydrogen-bond donors (Lipinski definition) is 1. The van der Waals surface area contributed by atoms with Crippen molar-refractivity contribution in [1.82, 2.24) is 4.90 Å². The molecule has 23 heavy (non-hydrogen) atoms. The lowest BCUT2D eigenvalue weighted by molar-refractivity contribution is 0.0643. The molecule has 1 heterocycles. The predicted octanol–water partition coefficient (Wildman–Crippen LogP) is 2.63. The fourth-order valence-corrected chi connectivity index (χ4v) is 2.94. The van der Waals surface area contributed by atoms with E-state index >= 15 is 0 Å². The van der Waals surface area contributed by atoms with Crippen molar-refractivity contribution in [2.45, 2.75) is 25.3 Å². The van der Waals surface area contributed by atoms with E-state index < -0.39 is 0 Å². The first-order valence-electron chi connectivity index (χ1n) is 7.91. The van der Waals surface area contributed by atoms with Crippen LogP contribution in [0.25, 0.3) is 0 Å². The van der Waals surface area contributed by atoms with Crippen LogP contribution in [0.2, 0.25) is 0 Å². The van der Waals surface area contributed by atoms with Crippen LogP contribution in [0.1, 0.15) is 39.1 Å². The molecule has 0 spiro atoms. The number of aryl methyl sites for hydroxylation is 1. The molecule has 2 aromatic rings. The van der Waals surface area contributed by atoms with Gasteiger partial charge in [0.1, 0.15) is 0 Å². The molecule has 0 aliphatic carbocycles. The molecule has 1 aliphatic heterocycles. The summed E-state index contributed by atoms with van der Waals surface area (Å²) < 4.78 is 0. The van der Waals surface area contributed by atoms with Gasteiger partial charge in [-0.3, -0.25) is 14.5 Å². The molecule has 2 N–H and O–H groups in total. The number of nitrogens with two attached hydrogens (primary N) is 1. The SMILES string of the molecule is NC(CCCc1ccccc1)CN1C(=O)c2ccccc2C1=O. The van der Waals surface area contributed by atoms with E-state index in [9.17, 15) is 9.59 Å². The second-order valence-corrected chi connectivity index (χ2v) is 5.90. The maximum absolute atomic E-state index is 12.3. The van der Waals surface area contributed by atoms with E-state index in [1.54, 1.807) is 24.3 Å². The van der Waals surface area contributed by atoms with Gasteiger partial charge in [-0.1, -0.05) is 42.5 Å². The quantitative estimate of drug-likeness (QED) is 0.834. The molecule has 0 saturated carbocycles. The van der Waals surface area contributed by atoms with E-state index in [1.807, 2.05) is 18.2 Å². The minimum absolute atomic E-state index is 0.194. The number of fused-ring (bicyclic) bond motifs is 1. The van der Waals surface area contributed by atoms with Crippen LogP contribution in [-0.2, 0) is 6.42 Å². The monoisotopic (exact) mass is 308 g/mol. The van der Waals surface area contributed by atoms with Crippen LogP contribution < -0.4 is 5.73 Å². The number of rotatable bonds is 6. The van der Waals surface area contributed by atoms with Crippen molar-refractivity contribution < 1.29 is 9.59 Å². The molecule has 0 saturated heterocycles. The highest BCUT2D eigenvalue weighted by Gasteiger charge is 2.35. The summed E-state index contributed by atoms with van der Waals surface area (Å²) in [4.78, 5) is 25.9. The summed E-state index contributed by atoms with van der Waals surface area (Å²) in [6.45, 7) is 0.279. The third-order valence-electron chi connectivity index (χ3n) is 4.18. The van der Waals surface area contributed by atoms with Crippen molar-refractivity contribution in [2.24, 2.45) is 5.73 Å². The van der Waals surface area contributed by atoms with Crippen LogP contribution in [0.4, 0.5) is 0 Å². The summed E-state index contributed by atoms with van der Waals surface area (Å²) in [5.74, 6) is -0.465. The number of benzene rings is 2. The van der Waals surface area contributed by atoms with E-state index in [2.05, 4.69) is 12.1 Å². The fourth-order valence-electron chi connectivity index (χ4n) is 2.94. The first-order chi connectivity index (χ1) is 11.2. The van der Waals surface area contributed by atoms with Crippen LogP contribution in [0, 0.1) is 0 Å². The van der Waals surface area contributed by atoms with Gasteiger partial charge in [0.25, 0.3) is 11.8 Å². The molecule has 1 unspecified atom stereocenters. The van der Waals surface area contributed by atoms with Gasteiger partial charge in [-0.05, 0) is 37.0 Å². The molecule has 118 valence electrons. The van der Waals surface area contributed by atoms with E-state index in [4.69, 9.17) is 5.73 Å². The molecular formula is C19H20N2O2. The third kappa shape index (κ3) is 3.32. The normalized spacial score (nSPS) is 14.9. The summed E-state index contributed by atoms with van der Waals surface area (Å²) in [6.07, 6.45) is 2.67. The molecule has 2 aromatic carbocycles. The number of amides is 2. The zero-order valence-electron chi connectivity index (χ0n) is 12.9.